The first-order valence-corrected chi connectivity index (χ1v) is 9.60. The average molecular weight is 380 g/mol. The van der Waals surface area contributed by atoms with Crippen LogP contribution >= 0.6 is 12.2 Å². The maximum absolute atomic E-state index is 13.6. The van der Waals surface area contributed by atoms with Crippen molar-refractivity contribution in [1.82, 2.24) is 10.6 Å². The van der Waals surface area contributed by atoms with Crippen molar-refractivity contribution in [2.75, 3.05) is 19.0 Å². The molecule has 1 aliphatic carbocycles. The third-order valence-electron chi connectivity index (χ3n) is 5.46. The van der Waals surface area contributed by atoms with E-state index in [1.54, 1.807) is 25.3 Å². The lowest BCUT2D eigenvalue weighted by atomic mass is 9.74. The first-order chi connectivity index (χ1) is 12.6. The molecule has 1 amide bonds. The Hall–Kier alpha value is -1.73. The molecule has 4 unspecified atom stereocenters. The minimum atomic E-state index is -0.346. The van der Waals surface area contributed by atoms with E-state index in [2.05, 4.69) is 16.0 Å². The van der Waals surface area contributed by atoms with Crippen LogP contribution in [-0.4, -0.2) is 36.8 Å². The van der Waals surface area contributed by atoms with Gasteiger partial charge in [0.2, 0.25) is 5.91 Å². The number of benzene rings is 1. The number of carbonyl (C=O) groups is 1. The number of thiocarbonyl (C=S) groups is 1. The van der Waals surface area contributed by atoms with Crippen LogP contribution in [0.25, 0.3) is 0 Å². The van der Waals surface area contributed by atoms with Crippen molar-refractivity contribution >= 4 is 28.9 Å². The summed E-state index contributed by atoms with van der Waals surface area (Å²) < 4.78 is 19.1. The number of anilines is 1. The molecule has 4 atom stereocenters. The van der Waals surface area contributed by atoms with Gasteiger partial charge in [-0.2, -0.15) is 0 Å². The normalized spacial score (nSPS) is 28.0. The number of hydrogen-bond donors (Lipinski definition) is 3. The van der Waals surface area contributed by atoms with Crippen LogP contribution in [0.4, 0.5) is 10.1 Å². The summed E-state index contributed by atoms with van der Waals surface area (Å²) in [5.41, 5.74) is 0.346. The summed E-state index contributed by atoms with van der Waals surface area (Å²) in [6.07, 6.45) is 4.96. The summed E-state index contributed by atoms with van der Waals surface area (Å²) >= 11 is 5.21. The maximum Gasteiger partial charge on any atom is 0.223 e. The fraction of sp³-hybridized carbons (Fsp3) is 0.579. The summed E-state index contributed by atoms with van der Waals surface area (Å²) in [5, 5.41) is 9.45. The molecule has 5 nitrogen and oxygen atoms in total. The zero-order valence-electron chi connectivity index (χ0n) is 15.0. The SMILES string of the molecule is COC1CCC2CC(CCNC(=S)Nc3ccccc3F)C(=O)NC2C1. The molecule has 26 heavy (non-hydrogen) atoms. The van der Waals surface area contributed by atoms with Gasteiger partial charge >= 0.3 is 0 Å². The molecule has 0 radical (unpaired) electrons. The van der Waals surface area contributed by atoms with Gasteiger partial charge in [0.05, 0.1) is 11.8 Å². The third kappa shape index (κ3) is 4.71. The minimum Gasteiger partial charge on any atom is -0.381 e. The highest BCUT2D eigenvalue weighted by molar-refractivity contribution is 7.80. The second kappa shape index (κ2) is 8.77. The largest absolute Gasteiger partial charge is 0.381 e. The van der Waals surface area contributed by atoms with Crippen molar-refractivity contribution in [3.05, 3.63) is 30.1 Å². The highest BCUT2D eigenvalue weighted by atomic mass is 32.1. The Balaban J connectivity index is 1.43. The van der Waals surface area contributed by atoms with Gasteiger partial charge in [0.25, 0.3) is 0 Å². The van der Waals surface area contributed by atoms with E-state index in [4.69, 9.17) is 17.0 Å². The first-order valence-electron chi connectivity index (χ1n) is 9.19. The first kappa shape index (κ1) is 19.0. The molecule has 0 spiro atoms. The van der Waals surface area contributed by atoms with Gasteiger partial charge in [-0.15, -0.1) is 0 Å². The molecular weight excluding hydrogens is 353 g/mol. The number of fused-ring (bicyclic) bond motifs is 1. The monoisotopic (exact) mass is 379 g/mol. The number of nitrogens with one attached hydrogen (secondary N) is 3. The number of rotatable bonds is 5. The van der Waals surface area contributed by atoms with Crippen LogP contribution in [0.15, 0.2) is 24.3 Å². The van der Waals surface area contributed by atoms with Gasteiger partial charge in [-0.25, -0.2) is 4.39 Å². The van der Waals surface area contributed by atoms with Gasteiger partial charge in [-0.05, 0) is 62.4 Å². The Kier molecular flexibility index (Phi) is 6.43. The summed E-state index contributed by atoms with van der Waals surface area (Å²) in [7, 11) is 1.74. The molecule has 1 aromatic carbocycles. The predicted octanol–water partition coefficient (Wildman–Crippen LogP) is 2.82. The average Bonchev–Trinajstić information content (AvgIpc) is 2.63. The van der Waals surface area contributed by atoms with E-state index in [0.29, 0.717) is 29.7 Å². The van der Waals surface area contributed by atoms with Gasteiger partial charge in [-0.1, -0.05) is 12.1 Å². The highest BCUT2D eigenvalue weighted by Crippen LogP contribution is 2.35. The predicted molar refractivity (Wildman–Crippen MR) is 103 cm³/mol. The summed E-state index contributed by atoms with van der Waals surface area (Å²) in [6, 6.07) is 6.64. The number of piperidine rings is 1. The number of amides is 1. The van der Waals surface area contributed by atoms with Crippen LogP contribution in [0, 0.1) is 17.7 Å². The molecule has 1 aromatic rings. The van der Waals surface area contributed by atoms with E-state index in [1.165, 1.54) is 6.07 Å². The van der Waals surface area contributed by atoms with Crippen molar-refractivity contribution < 1.29 is 13.9 Å². The molecule has 0 aromatic heterocycles. The lowest BCUT2D eigenvalue weighted by Crippen LogP contribution is -2.53. The van der Waals surface area contributed by atoms with Gasteiger partial charge in [-0.3, -0.25) is 4.79 Å². The van der Waals surface area contributed by atoms with Gasteiger partial charge < -0.3 is 20.7 Å². The molecule has 7 heteroatoms. The lowest BCUT2D eigenvalue weighted by Gasteiger charge is -2.41. The summed E-state index contributed by atoms with van der Waals surface area (Å²) in [5.74, 6) is 0.311. The van der Waals surface area contributed by atoms with E-state index in [1.807, 2.05) is 0 Å². The smallest absolute Gasteiger partial charge is 0.223 e. The molecule has 2 aliphatic rings. The Labute approximate surface area is 159 Å². The van der Waals surface area contributed by atoms with E-state index in [0.717, 1.165) is 25.7 Å². The Bertz CT molecular complexity index is 657. The summed E-state index contributed by atoms with van der Waals surface area (Å²) in [6.45, 7) is 0.580. The Morgan fingerprint density at radius 1 is 1.35 bits per heavy atom. The Morgan fingerprint density at radius 3 is 2.92 bits per heavy atom. The topological polar surface area (TPSA) is 62.4 Å². The van der Waals surface area contributed by atoms with Crippen molar-refractivity contribution in [1.29, 1.82) is 0 Å². The second-order valence-electron chi connectivity index (χ2n) is 7.13. The minimum absolute atomic E-state index is 0.000828. The second-order valence-corrected chi connectivity index (χ2v) is 7.54. The quantitative estimate of drug-likeness (QED) is 0.687. The van der Waals surface area contributed by atoms with E-state index in [-0.39, 0.29) is 29.8 Å². The number of para-hydroxylation sites is 1. The molecule has 1 saturated heterocycles. The number of methoxy groups -OCH3 is 1. The van der Waals surface area contributed by atoms with Crippen LogP contribution in [0.5, 0.6) is 0 Å². The standard InChI is InChI=1S/C19H26FN3O2S/c1-25-14-7-6-12-10-13(18(24)22-17(12)11-14)8-9-21-19(26)23-16-5-3-2-4-15(16)20/h2-5,12-14,17H,6-11H2,1H3,(H,22,24)(H2,21,23,26). The van der Waals surface area contributed by atoms with Crippen LogP contribution in [-0.2, 0) is 9.53 Å². The Morgan fingerprint density at radius 2 is 2.15 bits per heavy atom. The molecule has 142 valence electrons. The van der Waals surface area contributed by atoms with E-state index in [9.17, 15) is 9.18 Å². The van der Waals surface area contributed by atoms with Crippen LogP contribution in [0.2, 0.25) is 0 Å². The fourth-order valence-electron chi connectivity index (χ4n) is 3.98. The van der Waals surface area contributed by atoms with Crippen molar-refractivity contribution in [2.45, 2.75) is 44.2 Å². The fourth-order valence-corrected chi connectivity index (χ4v) is 4.19. The van der Waals surface area contributed by atoms with Crippen LogP contribution < -0.4 is 16.0 Å². The number of ether oxygens (including phenoxy) is 1. The number of halogens is 1. The zero-order chi connectivity index (χ0) is 18.5. The lowest BCUT2D eigenvalue weighted by molar-refractivity contribution is -0.131. The van der Waals surface area contributed by atoms with E-state index >= 15 is 0 Å². The third-order valence-corrected chi connectivity index (χ3v) is 5.71. The molecule has 1 saturated carbocycles. The van der Waals surface area contributed by atoms with Gasteiger partial charge in [0.15, 0.2) is 5.11 Å². The van der Waals surface area contributed by atoms with Crippen molar-refractivity contribution in [3.8, 4) is 0 Å². The van der Waals surface area contributed by atoms with E-state index < -0.39 is 0 Å². The number of hydrogen-bond acceptors (Lipinski definition) is 3. The number of carbonyl (C=O) groups excluding carboxylic acids is 1. The highest BCUT2D eigenvalue weighted by Gasteiger charge is 2.39. The molecule has 1 heterocycles. The molecular formula is C19H26FN3O2S. The van der Waals surface area contributed by atoms with Crippen molar-refractivity contribution in [3.63, 3.8) is 0 Å². The zero-order valence-corrected chi connectivity index (χ0v) is 15.8. The molecule has 0 bridgehead atoms. The van der Waals surface area contributed by atoms with Crippen LogP contribution in [0.1, 0.15) is 32.1 Å². The molecule has 3 N–H and O–H groups in total. The summed E-state index contributed by atoms with van der Waals surface area (Å²) in [4.78, 5) is 12.4. The molecule has 1 aliphatic heterocycles. The maximum atomic E-state index is 13.6. The molecule has 2 fully saturated rings. The van der Waals surface area contributed by atoms with Crippen molar-refractivity contribution in [2.24, 2.45) is 11.8 Å². The van der Waals surface area contributed by atoms with Gasteiger partial charge in [0, 0.05) is 25.6 Å². The van der Waals surface area contributed by atoms with Gasteiger partial charge in [0.1, 0.15) is 5.82 Å². The molecule has 3 rings (SSSR count). The van der Waals surface area contributed by atoms with Crippen LogP contribution in [0.3, 0.4) is 0 Å².